The van der Waals surface area contributed by atoms with E-state index >= 15 is 0 Å². The summed E-state index contributed by atoms with van der Waals surface area (Å²) >= 11 is 5.91. The first-order chi connectivity index (χ1) is 14.4. The first-order valence-electron chi connectivity index (χ1n) is 9.80. The van der Waals surface area contributed by atoms with E-state index in [0.29, 0.717) is 23.6 Å². The molecule has 0 aromatic carbocycles. The Morgan fingerprint density at radius 1 is 1.42 bits per heavy atom. The summed E-state index contributed by atoms with van der Waals surface area (Å²) in [5, 5.41) is 0.378. The van der Waals surface area contributed by atoms with Gasteiger partial charge in [-0.25, -0.2) is 8.42 Å². The van der Waals surface area contributed by atoms with E-state index in [-0.39, 0.29) is 24.7 Å². The Bertz CT molecular complexity index is 894. The Balaban J connectivity index is 0.00000282. The fraction of sp³-hybridized carbons (Fsp3) is 0.435. The average Bonchev–Trinajstić information content (AvgIpc) is 2.99. The molecule has 0 aromatic rings. The maximum atomic E-state index is 12.7. The van der Waals surface area contributed by atoms with Gasteiger partial charge in [0.2, 0.25) is 15.9 Å². The van der Waals surface area contributed by atoms with Crippen LogP contribution in [0, 0.1) is 12.3 Å². The summed E-state index contributed by atoms with van der Waals surface area (Å²) in [4.78, 5) is 14.4. The third kappa shape index (κ3) is 9.18. The molecule has 0 aliphatic carbocycles. The van der Waals surface area contributed by atoms with Crippen LogP contribution in [0.5, 0.6) is 0 Å². The van der Waals surface area contributed by atoms with Gasteiger partial charge in [-0.2, -0.15) is 4.31 Å². The zero-order valence-electron chi connectivity index (χ0n) is 18.9. The fourth-order valence-corrected chi connectivity index (χ4v) is 4.54. The minimum absolute atomic E-state index is 0.149. The highest BCUT2D eigenvalue weighted by molar-refractivity contribution is 7.89. The minimum Gasteiger partial charge on any atom is -0.405 e. The minimum atomic E-state index is -3.24. The second-order valence-electron chi connectivity index (χ2n) is 7.39. The van der Waals surface area contributed by atoms with Crippen molar-refractivity contribution >= 4 is 27.5 Å². The topological polar surface area (TPSA) is 83.7 Å². The van der Waals surface area contributed by atoms with Crippen LogP contribution in [0.4, 0.5) is 0 Å². The Labute approximate surface area is 192 Å². The molecule has 0 spiro atoms. The maximum Gasteiger partial charge on any atom is 0.247 e. The third-order valence-electron chi connectivity index (χ3n) is 4.84. The molecule has 172 valence electrons. The van der Waals surface area contributed by atoms with Crippen LogP contribution in [0.25, 0.3) is 0 Å². The van der Waals surface area contributed by atoms with Crippen LogP contribution in [0.15, 0.2) is 59.8 Å². The van der Waals surface area contributed by atoms with Crippen molar-refractivity contribution in [1.82, 2.24) is 9.21 Å². The smallest absolute Gasteiger partial charge is 0.247 e. The Morgan fingerprint density at radius 3 is 2.42 bits per heavy atom. The van der Waals surface area contributed by atoms with Crippen LogP contribution in [-0.2, 0) is 14.8 Å². The number of hydrogen-bond donors (Lipinski definition) is 1. The summed E-state index contributed by atoms with van der Waals surface area (Å²) in [6, 6.07) is 0. The van der Waals surface area contributed by atoms with Crippen molar-refractivity contribution in [3.05, 3.63) is 59.8 Å². The van der Waals surface area contributed by atoms with Crippen LogP contribution in [0.2, 0.25) is 0 Å². The molecule has 0 bridgehead atoms. The van der Waals surface area contributed by atoms with Crippen molar-refractivity contribution in [2.45, 2.75) is 39.7 Å². The number of terminal acetylenes is 1. The predicted octanol–water partition coefficient (Wildman–Crippen LogP) is 3.55. The van der Waals surface area contributed by atoms with E-state index in [1.165, 1.54) is 16.6 Å². The summed E-state index contributed by atoms with van der Waals surface area (Å²) in [6.07, 6.45) is 14.1. The first kappa shape index (κ1) is 28.7. The summed E-state index contributed by atoms with van der Waals surface area (Å²) in [5.74, 6) is 2.53. The van der Waals surface area contributed by atoms with Crippen LogP contribution < -0.4 is 5.73 Å². The van der Waals surface area contributed by atoms with E-state index in [1.807, 2.05) is 20.8 Å². The lowest BCUT2D eigenvalue weighted by molar-refractivity contribution is -0.129. The number of amides is 1. The van der Waals surface area contributed by atoms with Crippen LogP contribution in [0.3, 0.4) is 0 Å². The van der Waals surface area contributed by atoms with Gasteiger partial charge in [0.15, 0.2) is 0 Å². The summed E-state index contributed by atoms with van der Waals surface area (Å²) in [6.45, 7) is 15.1. The molecule has 1 rings (SSSR count). The van der Waals surface area contributed by atoms with E-state index in [4.69, 9.17) is 18.0 Å². The standard InChI is InChI=1S/C21H29ClN2O3S.C2H5N/c1-7-10-20(25)24(21(5,6)17(3)15-18(4)22)13-11-19(8-2)16-23-12-9-14-28(23,26)27;1-2-3/h2,7,10-11,15H,4,9,12-14,16H2,1,3,5-6H3;2H,1,3H2/b10-7+,17-15+,19-11+;. The zero-order chi connectivity index (χ0) is 24.2. The van der Waals surface area contributed by atoms with E-state index in [0.717, 1.165) is 5.57 Å². The van der Waals surface area contributed by atoms with Gasteiger partial charge in [-0.1, -0.05) is 42.8 Å². The molecule has 0 saturated carbocycles. The first-order valence-corrected chi connectivity index (χ1v) is 11.8. The van der Waals surface area contributed by atoms with Gasteiger partial charge in [-0.05, 0) is 58.0 Å². The Hall–Kier alpha value is -2.27. The van der Waals surface area contributed by atoms with E-state index in [2.05, 4.69) is 24.8 Å². The summed E-state index contributed by atoms with van der Waals surface area (Å²) < 4.78 is 25.4. The molecule has 0 aromatic heterocycles. The van der Waals surface area contributed by atoms with Crippen molar-refractivity contribution in [2.75, 3.05) is 25.4 Å². The van der Waals surface area contributed by atoms with Gasteiger partial charge in [0.25, 0.3) is 0 Å². The average molecular weight is 468 g/mol. The van der Waals surface area contributed by atoms with Crippen molar-refractivity contribution in [1.29, 1.82) is 0 Å². The highest BCUT2D eigenvalue weighted by Gasteiger charge is 2.31. The number of carbonyl (C=O) groups excluding carboxylic acids is 1. The lowest BCUT2D eigenvalue weighted by atomic mass is 9.92. The number of nitrogens with zero attached hydrogens (tertiary/aromatic N) is 2. The van der Waals surface area contributed by atoms with Gasteiger partial charge in [0.05, 0.1) is 11.3 Å². The number of carbonyl (C=O) groups is 1. The number of halogens is 1. The van der Waals surface area contributed by atoms with E-state index in [1.54, 1.807) is 30.1 Å². The molecule has 0 unspecified atom stereocenters. The van der Waals surface area contributed by atoms with Crippen molar-refractivity contribution in [3.8, 4) is 12.3 Å². The molecule has 2 N–H and O–H groups in total. The number of rotatable bonds is 8. The van der Waals surface area contributed by atoms with E-state index < -0.39 is 15.6 Å². The fourth-order valence-electron chi connectivity index (χ4n) is 2.88. The van der Waals surface area contributed by atoms with Crippen LogP contribution >= 0.6 is 11.6 Å². The highest BCUT2D eigenvalue weighted by Crippen LogP contribution is 2.26. The van der Waals surface area contributed by atoms with Gasteiger partial charge in [0, 0.05) is 30.2 Å². The molecule has 1 fully saturated rings. The normalized spacial score (nSPS) is 16.9. The molecule has 0 atom stereocenters. The largest absolute Gasteiger partial charge is 0.405 e. The lowest BCUT2D eigenvalue weighted by Gasteiger charge is -2.39. The summed E-state index contributed by atoms with van der Waals surface area (Å²) in [7, 11) is -3.24. The Kier molecular flexibility index (Phi) is 12.2. The van der Waals surface area contributed by atoms with Crippen molar-refractivity contribution < 1.29 is 13.2 Å². The molecule has 1 aliphatic heterocycles. The zero-order valence-corrected chi connectivity index (χ0v) is 20.5. The molecule has 1 amide bonds. The van der Waals surface area contributed by atoms with Gasteiger partial charge >= 0.3 is 0 Å². The quantitative estimate of drug-likeness (QED) is 0.336. The number of nitrogens with two attached hydrogens (primary N) is 1. The number of allylic oxidation sites excluding steroid dienone is 3. The molecular weight excluding hydrogens is 434 g/mol. The van der Waals surface area contributed by atoms with Crippen LogP contribution in [-0.4, -0.2) is 54.5 Å². The maximum absolute atomic E-state index is 12.7. The van der Waals surface area contributed by atoms with Gasteiger partial charge in [-0.3, -0.25) is 4.79 Å². The lowest BCUT2D eigenvalue weighted by Crippen LogP contribution is -2.48. The molecule has 1 heterocycles. The molecule has 1 aliphatic rings. The Morgan fingerprint density at radius 2 is 2.00 bits per heavy atom. The van der Waals surface area contributed by atoms with Gasteiger partial charge < -0.3 is 10.6 Å². The predicted molar refractivity (Wildman–Crippen MR) is 131 cm³/mol. The molecular formula is C23H34ClN3O3S. The highest BCUT2D eigenvalue weighted by atomic mass is 35.5. The molecule has 1 saturated heterocycles. The number of sulfonamides is 1. The van der Waals surface area contributed by atoms with Crippen molar-refractivity contribution in [2.24, 2.45) is 5.73 Å². The van der Waals surface area contributed by atoms with Crippen LogP contribution in [0.1, 0.15) is 34.1 Å². The number of hydrogen-bond acceptors (Lipinski definition) is 4. The van der Waals surface area contributed by atoms with E-state index in [9.17, 15) is 13.2 Å². The summed E-state index contributed by atoms with van der Waals surface area (Å²) in [5.41, 5.74) is 5.36. The van der Waals surface area contributed by atoms with Crippen molar-refractivity contribution in [3.63, 3.8) is 0 Å². The molecule has 8 heteroatoms. The second kappa shape index (κ2) is 13.2. The SMILES string of the molecule is C#C/C(=C\CN(C(=O)/C=C/C)C(C)(C)/C(C)=C/C(=C)Cl)CN1CCCS1(=O)=O.C=CN. The van der Waals surface area contributed by atoms with Gasteiger partial charge in [0.1, 0.15) is 0 Å². The molecule has 6 nitrogen and oxygen atoms in total. The molecule has 31 heavy (non-hydrogen) atoms. The second-order valence-corrected chi connectivity index (χ2v) is 9.97. The van der Waals surface area contributed by atoms with Gasteiger partial charge in [-0.15, -0.1) is 6.42 Å². The third-order valence-corrected chi connectivity index (χ3v) is 6.86. The monoisotopic (exact) mass is 467 g/mol. The molecule has 0 radical (unpaired) electrons.